The second-order valence-corrected chi connectivity index (χ2v) is 9.49. The van der Waals surface area contributed by atoms with Gasteiger partial charge in [-0.2, -0.15) is 5.10 Å². The normalized spacial score (nSPS) is 19.8. The lowest BCUT2D eigenvalue weighted by molar-refractivity contribution is -0.132. The van der Waals surface area contributed by atoms with Crippen LogP contribution in [0.3, 0.4) is 0 Å². The fourth-order valence-electron chi connectivity index (χ4n) is 4.02. The maximum Gasteiger partial charge on any atom is 0.262 e. The molecule has 164 valence electrons. The Kier molecular flexibility index (Phi) is 5.67. The minimum Gasteiger partial charge on any atom is -0.477 e. The van der Waals surface area contributed by atoms with Gasteiger partial charge in [-0.25, -0.2) is 5.01 Å². The first-order valence-corrected chi connectivity index (χ1v) is 12.1. The number of likely N-dealkylation sites (N-methyl/N-ethyl adjacent to an activating group) is 1. The van der Waals surface area contributed by atoms with Crippen LogP contribution in [0.5, 0.6) is 5.75 Å². The summed E-state index contributed by atoms with van der Waals surface area (Å²) in [6.45, 7) is 0.401. The molecule has 2 atom stereocenters. The zero-order chi connectivity index (χ0) is 22.1. The van der Waals surface area contributed by atoms with E-state index in [1.807, 2.05) is 64.2 Å². The lowest BCUT2D eigenvalue weighted by atomic mass is 10.1. The van der Waals surface area contributed by atoms with Crippen molar-refractivity contribution in [2.24, 2.45) is 5.10 Å². The van der Waals surface area contributed by atoms with E-state index in [2.05, 4.69) is 5.32 Å². The van der Waals surface area contributed by atoms with Gasteiger partial charge in [0.25, 0.3) is 11.8 Å². The van der Waals surface area contributed by atoms with E-state index >= 15 is 0 Å². The lowest BCUT2D eigenvalue weighted by Gasteiger charge is -2.35. The molecule has 0 bridgehead atoms. The molecule has 0 fully saturated rings. The molecule has 0 spiro atoms. The number of carbonyl (C=O) groups excluding carboxylic acids is 2. The first-order chi connectivity index (χ1) is 15.6. The van der Waals surface area contributed by atoms with Gasteiger partial charge in [0.15, 0.2) is 6.10 Å². The van der Waals surface area contributed by atoms with Crippen molar-refractivity contribution in [3.05, 3.63) is 69.0 Å². The molecule has 32 heavy (non-hydrogen) atoms. The number of amides is 2. The van der Waals surface area contributed by atoms with Crippen LogP contribution in [0.1, 0.15) is 22.2 Å². The Hall–Kier alpha value is -3.17. The summed E-state index contributed by atoms with van der Waals surface area (Å²) in [6.07, 6.45) is 0.00686. The van der Waals surface area contributed by atoms with Gasteiger partial charge in [0, 0.05) is 18.3 Å². The third kappa shape index (κ3) is 3.89. The first-order valence-electron chi connectivity index (χ1n) is 10.3. The van der Waals surface area contributed by atoms with E-state index in [0.29, 0.717) is 18.7 Å². The smallest absolute Gasteiger partial charge is 0.262 e. The van der Waals surface area contributed by atoms with Gasteiger partial charge in [0.1, 0.15) is 5.75 Å². The van der Waals surface area contributed by atoms with Crippen molar-refractivity contribution in [1.29, 1.82) is 0 Å². The van der Waals surface area contributed by atoms with E-state index in [9.17, 15) is 9.59 Å². The molecule has 1 N–H and O–H groups in total. The standard InChI is InChI=1S/C23H22N4O3S2/c1-24-23(29)19-13-26(16-6-2-3-7-18(16)30-19)14-22(28)27-17(21-9-5-11-32-21)12-15(25-27)20-8-4-10-31-20/h2-11,17,19H,12-14H2,1H3,(H,24,29)/t17-,19-/m1/s1. The van der Waals surface area contributed by atoms with Crippen LogP contribution in [0.2, 0.25) is 0 Å². The number of benzene rings is 1. The van der Waals surface area contributed by atoms with Crippen molar-refractivity contribution < 1.29 is 14.3 Å². The van der Waals surface area contributed by atoms with Crippen molar-refractivity contribution in [2.45, 2.75) is 18.6 Å². The van der Waals surface area contributed by atoms with Crippen LogP contribution in [0.4, 0.5) is 5.69 Å². The molecule has 9 heteroatoms. The van der Waals surface area contributed by atoms with Crippen molar-refractivity contribution >= 4 is 45.9 Å². The predicted octanol–water partition coefficient (Wildman–Crippen LogP) is 3.50. The second kappa shape index (κ2) is 8.76. The number of hydrazone groups is 1. The van der Waals surface area contributed by atoms with Gasteiger partial charge in [-0.3, -0.25) is 9.59 Å². The maximum atomic E-state index is 13.5. The van der Waals surface area contributed by atoms with Gasteiger partial charge in [-0.15, -0.1) is 22.7 Å². The van der Waals surface area contributed by atoms with Crippen LogP contribution >= 0.6 is 22.7 Å². The molecule has 2 amide bonds. The summed E-state index contributed by atoms with van der Waals surface area (Å²) in [6, 6.07) is 15.4. The molecule has 5 rings (SSSR count). The molecule has 2 aromatic heterocycles. The molecule has 4 heterocycles. The average molecular weight is 467 g/mol. The van der Waals surface area contributed by atoms with E-state index in [1.54, 1.807) is 34.7 Å². The molecule has 0 unspecified atom stereocenters. The Balaban J connectivity index is 1.42. The topological polar surface area (TPSA) is 74.2 Å². The van der Waals surface area contributed by atoms with Gasteiger partial charge in [-0.1, -0.05) is 24.3 Å². The number of hydrogen-bond acceptors (Lipinski definition) is 7. The Bertz CT molecular complexity index is 1140. The molecule has 0 radical (unpaired) electrons. The van der Waals surface area contributed by atoms with Gasteiger partial charge in [0.05, 0.1) is 35.4 Å². The highest BCUT2D eigenvalue weighted by Crippen LogP contribution is 2.37. The van der Waals surface area contributed by atoms with E-state index in [-0.39, 0.29) is 24.4 Å². The van der Waals surface area contributed by atoms with Crippen LogP contribution in [0, 0.1) is 0 Å². The highest BCUT2D eigenvalue weighted by atomic mass is 32.1. The third-order valence-electron chi connectivity index (χ3n) is 5.57. The highest BCUT2D eigenvalue weighted by Gasteiger charge is 2.37. The van der Waals surface area contributed by atoms with Crippen LogP contribution in [-0.2, 0) is 9.59 Å². The summed E-state index contributed by atoms with van der Waals surface area (Å²) in [7, 11) is 1.58. The van der Waals surface area contributed by atoms with Crippen molar-refractivity contribution in [1.82, 2.24) is 10.3 Å². The van der Waals surface area contributed by atoms with Crippen molar-refractivity contribution in [3.8, 4) is 5.75 Å². The number of carbonyl (C=O) groups is 2. The number of fused-ring (bicyclic) bond motifs is 1. The summed E-state index contributed by atoms with van der Waals surface area (Å²) in [4.78, 5) is 29.9. The summed E-state index contributed by atoms with van der Waals surface area (Å²) < 4.78 is 5.86. The van der Waals surface area contributed by atoms with E-state index in [4.69, 9.17) is 9.84 Å². The Morgan fingerprint density at radius 2 is 1.94 bits per heavy atom. The van der Waals surface area contributed by atoms with Gasteiger partial charge in [0.2, 0.25) is 0 Å². The Labute approximate surface area is 193 Å². The molecule has 2 aliphatic heterocycles. The molecule has 0 saturated carbocycles. The maximum absolute atomic E-state index is 13.5. The number of thiophene rings is 2. The van der Waals surface area contributed by atoms with E-state index in [0.717, 1.165) is 21.2 Å². The number of rotatable bonds is 5. The predicted molar refractivity (Wildman–Crippen MR) is 127 cm³/mol. The fourth-order valence-corrected chi connectivity index (χ4v) is 5.56. The largest absolute Gasteiger partial charge is 0.477 e. The second-order valence-electron chi connectivity index (χ2n) is 7.57. The molecule has 0 aliphatic carbocycles. The third-order valence-corrected chi connectivity index (χ3v) is 7.46. The molecule has 7 nitrogen and oxygen atoms in total. The summed E-state index contributed by atoms with van der Waals surface area (Å²) in [5.74, 6) is 0.272. The number of para-hydroxylation sites is 2. The summed E-state index contributed by atoms with van der Waals surface area (Å²) in [5, 5.41) is 13.0. The van der Waals surface area contributed by atoms with Crippen LogP contribution in [-0.4, -0.2) is 48.8 Å². The summed E-state index contributed by atoms with van der Waals surface area (Å²) >= 11 is 3.26. The Morgan fingerprint density at radius 3 is 2.69 bits per heavy atom. The molecular formula is C23H22N4O3S2. The van der Waals surface area contributed by atoms with Crippen LogP contribution in [0.25, 0.3) is 0 Å². The monoisotopic (exact) mass is 466 g/mol. The molecule has 1 aromatic carbocycles. The van der Waals surface area contributed by atoms with Gasteiger partial charge >= 0.3 is 0 Å². The molecule has 0 saturated heterocycles. The number of nitrogens with zero attached hydrogens (tertiary/aromatic N) is 3. The van der Waals surface area contributed by atoms with Gasteiger partial charge in [-0.05, 0) is 35.0 Å². The number of ether oxygens (including phenoxy) is 1. The Morgan fingerprint density at radius 1 is 1.12 bits per heavy atom. The number of hydrogen-bond donors (Lipinski definition) is 1. The average Bonchev–Trinajstić information content (AvgIpc) is 3.59. The number of nitrogens with one attached hydrogen (secondary N) is 1. The zero-order valence-corrected chi connectivity index (χ0v) is 19.1. The SMILES string of the molecule is CNC(=O)[C@H]1CN(CC(=O)N2N=C(c3cccs3)C[C@@H]2c2cccs2)c2ccccc2O1. The molecule has 3 aromatic rings. The number of anilines is 1. The van der Waals surface area contributed by atoms with E-state index in [1.165, 1.54) is 0 Å². The van der Waals surface area contributed by atoms with Crippen molar-refractivity contribution in [3.63, 3.8) is 0 Å². The summed E-state index contributed by atoms with van der Waals surface area (Å²) in [5.41, 5.74) is 1.73. The minimum absolute atomic E-state index is 0.108. The van der Waals surface area contributed by atoms with Crippen LogP contribution < -0.4 is 15.0 Å². The van der Waals surface area contributed by atoms with Gasteiger partial charge < -0.3 is 15.0 Å². The quantitative estimate of drug-likeness (QED) is 0.625. The van der Waals surface area contributed by atoms with Crippen LogP contribution in [0.15, 0.2) is 64.4 Å². The zero-order valence-electron chi connectivity index (χ0n) is 17.4. The first kappa shape index (κ1) is 20.7. The highest BCUT2D eigenvalue weighted by molar-refractivity contribution is 7.12. The van der Waals surface area contributed by atoms with Crippen molar-refractivity contribution in [2.75, 3.05) is 25.0 Å². The lowest BCUT2D eigenvalue weighted by Crippen LogP contribution is -2.50. The fraction of sp³-hybridized carbons (Fsp3) is 0.261. The molecule has 2 aliphatic rings. The molecular weight excluding hydrogens is 444 g/mol. The minimum atomic E-state index is -0.681. The van der Waals surface area contributed by atoms with E-state index < -0.39 is 6.10 Å².